The third-order valence-corrected chi connectivity index (χ3v) is 5.00. The van der Waals surface area contributed by atoms with Crippen LogP contribution in [0.15, 0.2) is 54.6 Å². The first-order valence-electron chi connectivity index (χ1n) is 9.13. The minimum Gasteiger partial charge on any atom is -0.479 e. The van der Waals surface area contributed by atoms with Crippen molar-refractivity contribution in [3.05, 3.63) is 65.2 Å². The van der Waals surface area contributed by atoms with Gasteiger partial charge in [0.1, 0.15) is 5.75 Å². The predicted molar refractivity (Wildman–Crippen MR) is 104 cm³/mol. The SMILES string of the molecule is CCC(Oc1ccccc1Cl)C(=O)N1CCN(Cc2ccccc2)CC1. The standard InChI is InChI=1S/C21H25ClN2O2/c1-2-19(26-20-11-7-6-10-18(20)22)21(25)24-14-12-23(13-15-24)16-17-8-4-3-5-9-17/h3-11,19H,2,12-16H2,1H3. The van der Waals surface area contributed by atoms with Gasteiger partial charge in [-0.15, -0.1) is 0 Å². The van der Waals surface area contributed by atoms with Crippen molar-refractivity contribution in [2.75, 3.05) is 26.2 Å². The van der Waals surface area contributed by atoms with Crippen molar-refractivity contribution in [3.63, 3.8) is 0 Å². The molecule has 1 atom stereocenters. The van der Waals surface area contributed by atoms with Crippen LogP contribution in [-0.4, -0.2) is 48.0 Å². The highest BCUT2D eigenvalue weighted by Gasteiger charge is 2.28. The van der Waals surface area contributed by atoms with Crippen LogP contribution in [0.4, 0.5) is 0 Å². The van der Waals surface area contributed by atoms with Crippen LogP contribution in [0.1, 0.15) is 18.9 Å². The Labute approximate surface area is 160 Å². The topological polar surface area (TPSA) is 32.8 Å². The van der Waals surface area contributed by atoms with Gasteiger partial charge < -0.3 is 9.64 Å². The van der Waals surface area contributed by atoms with Gasteiger partial charge in [0.2, 0.25) is 0 Å². The highest BCUT2D eigenvalue weighted by Crippen LogP contribution is 2.25. The van der Waals surface area contributed by atoms with Gasteiger partial charge >= 0.3 is 0 Å². The van der Waals surface area contributed by atoms with Gasteiger partial charge in [0, 0.05) is 32.7 Å². The van der Waals surface area contributed by atoms with Gasteiger partial charge in [0.15, 0.2) is 6.10 Å². The fourth-order valence-corrected chi connectivity index (χ4v) is 3.35. The van der Waals surface area contributed by atoms with E-state index < -0.39 is 6.10 Å². The van der Waals surface area contributed by atoms with Crippen molar-refractivity contribution in [1.29, 1.82) is 0 Å². The number of para-hydroxylation sites is 1. The molecule has 4 nitrogen and oxygen atoms in total. The van der Waals surface area contributed by atoms with E-state index in [9.17, 15) is 4.79 Å². The second-order valence-electron chi connectivity index (χ2n) is 6.53. The van der Waals surface area contributed by atoms with E-state index in [0.717, 1.165) is 32.7 Å². The van der Waals surface area contributed by atoms with E-state index in [4.69, 9.17) is 16.3 Å². The van der Waals surface area contributed by atoms with E-state index in [2.05, 4.69) is 29.2 Å². The number of hydrogen-bond donors (Lipinski definition) is 0. The lowest BCUT2D eigenvalue weighted by Gasteiger charge is -2.36. The Morgan fingerprint density at radius 2 is 1.69 bits per heavy atom. The van der Waals surface area contributed by atoms with Crippen LogP contribution >= 0.6 is 11.6 Å². The number of rotatable bonds is 6. The number of piperazine rings is 1. The lowest BCUT2D eigenvalue weighted by Crippen LogP contribution is -2.52. The molecule has 0 saturated carbocycles. The molecule has 1 fully saturated rings. The maximum Gasteiger partial charge on any atom is 0.263 e. The Morgan fingerprint density at radius 1 is 1.04 bits per heavy atom. The van der Waals surface area contributed by atoms with Gasteiger partial charge in [0.05, 0.1) is 5.02 Å². The highest BCUT2D eigenvalue weighted by atomic mass is 35.5. The van der Waals surface area contributed by atoms with Gasteiger partial charge in [-0.05, 0) is 24.1 Å². The van der Waals surface area contributed by atoms with Crippen molar-refractivity contribution >= 4 is 17.5 Å². The molecule has 0 spiro atoms. The molecule has 0 aliphatic carbocycles. The molecule has 5 heteroatoms. The summed E-state index contributed by atoms with van der Waals surface area (Å²) in [5.41, 5.74) is 1.31. The maximum atomic E-state index is 12.8. The van der Waals surface area contributed by atoms with Crippen LogP contribution in [-0.2, 0) is 11.3 Å². The number of hydrogen-bond acceptors (Lipinski definition) is 3. The van der Waals surface area contributed by atoms with Crippen LogP contribution in [0, 0.1) is 0 Å². The van der Waals surface area contributed by atoms with Crippen LogP contribution in [0.25, 0.3) is 0 Å². The van der Waals surface area contributed by atoms with E-state index in [0.29, 0.717) is 17.2 Å². The average molecular weight is 373 g/mol. The van der Waals surface area contributed by atoms with Crippen LogP contribution in [0.3, 0.4) is 0 Å². The minimum atomic E-state index is -0.490. The number of benzene rings is 2. The quantitative estimate of drug-likeness (QED) is 0.772. The third kappa shape index (κ3) is 4.77. The Hall–Kier alpha value is -2.04. The van der Waals surface area contributed by atoms with E-state index >= 15 is 0 Å². The average Bonchev–Trinajstić information content (AvgIpc) is 2.68. The molecule has 1 unspecified atom stereocenters. The van der Waals surface area contributed by atoms with Gasteiger partial charge in [-0.25, -0.2) is 0 Å². The lowest BCUT2D eigenvalue weighted by atomic mass is 10.1. The Balaban J connectivity index is 1.54. The second kappa shape index (κ2) is 9.06. The predicted octanol–water partition coefficient (Wildman–Crippen LogP) is 3.84. The Morgan fingerprint density at radius 3 is 2.35 bits per heavy atom. The van der Waals surface area contributed by atoms with Crippen molar-refractivity contribution in [2.45, 2.75) is 26.0 Å². The number of nitrogens with zero attached hydrogens (tertiary/aromatic N) is 2. The Bertz CT molecular complexity index is 715. The van der Waals surface area contributed by atoms with Gasteiger partial charge in [0.25, 0.3) is 5.91 Å². The molecule has 2 aromatic rings. The minimum absolute atomic E-state index is 0.0479. The first-order valence-corrected chi connectivity index (χ1v) is 9.51. The van der Waals surface area contributed by atoms with E-state index in [1.54, 1.807) is 12.1 Å². The smallest absolute Gasteiger partial charge is 0.263 e. The molecule has 0 bridgehead atoms. The fraction of sp³-hybridized carbons (Fsp3) is 0.381. The van der Waals surface area contributed by atoms with Crippen molar-refractivity contribution in [2.24, 2.45) is 0 Å². The van der Waals surface area contributed by atoms with E-state index in [1.165, 1.54) is 5.56 Å². The molecule has 2 aromatic carbocycles. The molecule has 26 heavy (non-hydrogen) atoms. The molecular weight excluding hydrogens is 348 g/mol. The van der Waals surface area contributed by atoms with Gasteiger partial charge in [-0.2, -0.15) is 0 Å². The Kier molecular flexibility index (Phi) is 6.53. The summed E-state index contributed by atoms with van der Waals surface area (Å²) < 4.78 is 5.90. The first kappa shape index (κ1) is 18.7. The molecule has 1 amide bonds. The third-order valence-electron chi connectivity index (χ3n) is 4.69. The number of carbonyl (C=O) groups excluding carboxylic acids is 1. The molecule has 138 valence electrons. The van der Waals surface area contributed by atoms with Gasteiger partial charge in [-0.1, -0.05) is 61.0 Å². The number of halogens is 1. The first-order chi connectivity index (χ1) is 12.7. The van der Waals surface area contributed by atoms with E-state index in [1.807, 2.05) is 30.0 Å². The molecule has 1 heterocycles. The highest BCUT2D eigenvalue weighted by molar-refractivity contribution is 6.32. The monoisotopic (exact) mass is 372 g/mol. The largest absolute Gasteiger partial charge is 0.479 e. The van der Waals surface area contributed by atoms with Gasteiger partial charge in [-0.3, -0.25) is 9.69 Å². The van der Waals surface area contributed by atoms with Crippen molar-refractivity contribution < 1.29 is 9.53 Å². The molecule has 1 aliphatic rings. The second-order valence-corrected chi connectivity index (χ2v) is 6.94. The van der Waals surface area contributed by atoms with Crippen LogP contribution < -0.4 is 4.74 Å². The summed E-state index contributed by atoms with van der Waals surface area (Å²) in [6.45, 7) is 6.11. The van der Waals surface area contributed by atoms with Crippen molar-refractivity contribution in [3.8, 4) is 5.75 Å². The zero-order valence-corrected chi connectivity index (χ0v) is 15.9. The summed E-state index contributed by atoms with van der Waals surface area (Å²) in [5.74, 6) is 0.615. The zero-order valence-electron chi connectivity index (χ0n) is 15.1. The molecule has 3 rings (SSSR count). The van der Waals surface area contributed by atoms with E-state index in [-0.39, 0.29) is 5.91 Å². The van der Waals surface area contributed by atoms with Crippen molar-refractivity contribution in [1.82, 2.24) is 9.80 Å². The molecule has 0 N–H and O–H groups in total. The summed E-state index contributed by atoms with van der Waals surface area (Å²) in [4.78, 5) is 17.1. The normalized spacial score (nSPS) is 16.3. The maximum absolute atomic E-state index is 12.8. The number of ether oxygens (including phenoxy) is 1. The zero-order chi connectivity index (χ0) is 18.4. The number of amides is 1. The molecular formula is C21H25ClN2O2. The lowest BCUT2D eigenvalue weighted by molar-refractivity contribution is -0.140. The number of carbonyl (C=O) groups is 1. The summed E-state index contributed by atoms with van der Waals surface area (Å²) in [5, 5.41) is 0.534. The summed E-state index contributed by atoms with van der Waals surface area (Å²) >= 11 is 6.16. The molecule has 1 aliphatic heterocycles. The summed E-state index contributed by atoms with van der Waals surface area (Å²) in [7, 11) is 0. The molecule has 1 saturated heterocycles. The van der Waals surface area contributed by atoms with Crippen LogP contribution in [0.2, 0.25) is 5.02 Å². The molecule has 0 aromatic heterocycles. The molecule has 0 radical (unpaired) electrons. The summed E-state index contributed by atoms with van der Waals surface area (Å²) in [6, 6.07) is 17.7. The fourth-order valence-electron chi connectivity index (χ4n) is 3.17. The van der Waals surface area contributed by atoms with Crippen LogP contribution in [0.5, 0.6) is 5.75 Å². The summed E-state index contributed by atoms with van der Waals surface area (Å²) in [6.07, 6.45) is 0.129.